The third-order valence-electron chi connectivity index (χ3n) is 6.14. The van der Waals surface area contributed by atoms with Gasteiger partial charge in [-0.1, -0.05) is 20.8 Å². The van der Waals surface area contributed by atoms with Crippen LogP contribution in [0, 0.1) is 0 Å². The van der Waals surface area contributed by atoms with Gasteiger partial charge in [0.25, 0.3) is 0 Å². The van der Waals surface area contributed by atoms with E-state index in [0.717, 1.165) is 43.8 Å². The molecular formula is C23H36N4O4S. The molecule has 1 aliphatic heterocycles. The van der Waals surface area contributed by atoms with Crippen LogP contribution in [0.4, 0.5) is 0 Å². The molecule has 0 aliphatic carbocycles. The summed E-state index contributed by atoms with van der Waals surface area (Å²) in [5.74, 6) is 0.896. The highest BCUT2D eigenvalue weighted by molar-refractivity contribution is 7.89. The second-order valence-corrected chi connectivity index (χ2v) is 10.2. The standard InChI is InChI=1S/C23H36N4O4S/c1-5-15-31-18-9-8-14-26(17-18)23(28)13-12-22-24-20-16-19(10-11-21(20)25(22)4)32(29,30)27(6-2)7-3/h10-11,16,18H,5-9,12-15,17H2,1-4H3. The van der Waals surface area contributed by atoms with Crippen LogP contribution in [0.3, 0.4) is 0 Å². The average molecular weight is 465 g/mol. The highest BCUT2D eigenvalue weighted by atomic mass is 32.2. The van der Waals surface area contributed by atoms with Crippen LogP contribution < -0.4 is 0 Å². The Balaban J connectivity index is 1.70. The number of sulfonamides is 1. The first-order chi connectivity index (χ1) is 15.3. The van der Waals surface area contributed by atoms with Crippen molar-refractivity contribution in [3.05, 3.63) is 24.0 Å². The lowest BCUT2D eigenvalue weighted by Gasteiger charge is -2.32. The Labute approximate surface area is 191 Å². The molecule has 178 valence electrons. The molecular weight excluding hydrogens is 428 g/mol. The number of hydrogen-bond acceptors (Lipinski definition) is 5. The number of ether oxygens (including phenoxy) is 1. The molecule has 8 nitrogen and oxygen atoms in total. The van der Waals surface area contributed by atoms with Crippen molar-refractivity contribution >= 4 is 27.0 Å². The molecule has 1 aromatic carbocycles. The lowest BCUT2D eigenvalue weighted by Crippen LogP contribution is -2.43. The number of nitrogens with zero attached hydrogens (tertiary/aromatic N) is 4. The van der Waals surface area contributed by atoms with Crippen molar-refractivity contribution in [3.8, 4) is 0 Å². The van der Waals surface area contributed by atoms with E-state index < -0.39 is 10.0 Å². The Morgan fingerprint density at radius 2 is 2.00 bits per heavy atom. The molecule has 1 fully saturated rings. The van der Waals surface area contributed by atoms with Crippen molar-refractivity contribution in [2.75, 3.05) is 32.8 Å². The van der Waals surface area contributed by atoms with Crippen LogP contribution in [0.25, 0.3) is 11.0 Å². The first-order valence-electron chi connectivity index (χ1n) is 11.7. The number of aromatic nitrogens is 2. The first kappa shape index (κ1) is 24.7. The molecule has 9 heteroatoms. The number of carbonyl (C=O) groups is 1. The number of aryl methyl sites for hydroxylation is 2. The smallest absolute Gasteiger partial charge is 0.243 e. The number of fused-ring (bicyclic) bond motifs is 1. The van der Waals surface area contributed by atoms with Crippen LogP contribution in [0.15, 0.2) is 23.1 Å². The molecule has 1 aromatic heterocycles. The van der Waals surface area contributed by atoms with Gasteiger partial charge in [0, 0.05) is 52.7 Å². The predicted octanol–water partition coefficient (Wildman–Crippen LogP) is 2.95. The molecule has 0 saturated carbocycles. The van der Waals surface area contributed by atoms with Crippen LogP contribution >= 0.6 is 0 Å². The molecule has 32 heavy (non-hydrogen) atoms. The zero-order valence-electron chi connectivity index (χ0n) is 19.7. The Morgan fingerprint density at radius 3 is 2.69 bits per heavy atom. The zero-order valence-corrected chi connectivity index (χ0v) is 20.5. The topological polar surface area (TPSA) is 84.7 Å². The number of carbonyl (C=O) groups excluding carboxylic acids is 1. The highest BCUT2D eigenvalue weighted by Crippen LogP contribution is 2.23. The second kappa shape index (κ2) is 10.8. The minimum absolute atomic E-state index is 0.117. The van der Waals surface area contributed by atoms with Gasteiger partial charge in [0.15, 0.2) is 0 Å². The van der Waals surface area contributed by atoms with Crippen molar-refractivity contribution in [2.24, 2.45) is 7.05 Å². The van der Waals surface area contributed by atoms with E-state index in [1.54, 1.807) is 18.2 Å². The summed E-state index contributed by atoms with van der Waals surface area (Å²) in [6.07, 6.45) is 3.98. The van der Waals surface area contributed by atoms with Crippen LogP contribution in [0.1, 0.15) is 52.3 Å². The normalized spacial score (nSPS) is 17.4. The molecule has 0 bridgehead atoms. The van der Waals surface area contributed by atoms with Crippen molar-refractivity contribution in [1.29, 1.82) is 0 Å². The van der Waals surface area contributed by atoms with Crippen molar-refractivity contribution < 1.29 is 17.9 Å². The Kier molecular flexibility index (Phi) is 8.30. The molecule has 0 N–H and O–H groups in total. The van der Waals surface area contributed by atoms with Gasteiger partial charge in [-0.15, -0.1) is 0 Å². The number of piperidine rings is 1. The van der Waals surface area contributed by atoms with E-state index >= 15 is 0 Å². The first-order valence-corrected chi connectivity index (χ1v) is 13.1. The molecule has 1 aliphatic rings. The summed E-state index contributed by atoms with van der Waals surface area (Å²) in [6.45, 7) is 8.77. The van der Waals surface area contributed by atoms with Crippen molar-refractivity contribution in [2.45, 2.75) is 63.9 Å². The third kappa shape index (κ3) is 5.32. The molecule has 2 heterocycles. The average Bonchev–Trinajstić information content (AvgIpc) is 3.11. The van der Waals surface area contributed by atoms with Gasteiger partial charge in [-0.25, -0.2) is 13.4 Å². The van der Waals surface area contributed by atoms with Gasteiger partial charge in [-0.2, -0.15) is 4.31 Å². The molecule has 1 saturated heterocycles. The SMILES string of the molecule is CCCOC1CCCN(C(=O)CCc2nc3cc(S(=O)(=O)N(CC)CC)ccc3n2C)C1. The largest absolute Gasteiger partial charge is 0.376 e. The van der Waals surface area contributed by atoms with E-state index in [9.17, 15) is 13.2 Å². The number of benzene rings is 1. The van der Waals surface area contributed by atoms with Gasteiger partial charge in [0.1, 0.15) is 5.82 Å². The molecule has 1 atom stereocenters. The third-order valence-corrected chi connectivity index (χ3v) is 8.18. The highest BCUT2D eigenvalue weighted by Gasteiger charge is 2.25. The van der Waals surface area contributed by atoms with E-state index in [2.05, 4.69) is 11.9 Å². The second-order valence-electron chi connectivity index (χ2n) is 8.30. The van der Waals surface area contributed by atoms with Gasteiger partial charge in [0.05, 0.1) is 22.0 Å². The predicted molar refractivity (Wildman–Crippen MR) is 125 cm³/mol. The lowest BCUT2D eigenvalue weighted by molar-refractivity contribution is -0.135. The zero-order chi connectivity index (χ0) is 23.3. The molecule has 0 spiro atoms. The number of likely N-dealkylation sites (tertiary alicyclic amines) is 1. The van der Waals surface area contributed by atoms with Crippen molar-refractivity contribution in [3.63, 3.8) is 0 Å². The van der Waals surface area contributed by atoms with E-state index in [-0.39, 0.29) is 16.9 Å². The van der Waals surface area contributed by atoms with Gasteiger partial charge >= 0.3 is 0 Å². The molecule has 0 radical (unpaired) electrons. The molecule has 2 aromatic rings. The van der Waals surface area contributed by atoms with Gasteiger partial charge < -0.3 is 14.2 Å². The number of imidazole rings is 1. The maximum absolute atomic E-state index is 12.8. The van der Waals surface area contributed by atoms with Gasteiger partial charge in [-0.05, 0) is 37.5 Å². The monoisotopic (exact) mass is 464 g/mol. The quantitative estimate of drug-likeness (QED) is 0.540. The maximum Gasteiger partial charge on any atom is 0.243 e. The summed E-state index contributed by atoms with van der Waals surface area (Å²) in [6, 6.07) is 5.07. The summed E-state index contributed by atoms with van der Waals surface area (Å²) < 4.78 is 34.9. The summed E-state index contributed by atoms with van der Waals surface area (Å²) >= 11 is 0. The van der Waals surface area contributed by atoms with Gasteiger partial charge in [0.2, 0.25) is 15.9 Å². The number of hydrogen-bond donors (Lipinski definition) is 0. The van der Waals surface area contributed by atoms with Gasteiger partial charge in [-0.3, -0.25) is 4.79 Å². The Bertz CT molecular complexity index is 1030. The molecule has 1 unspecified atom stereocenters. The summed E-state index contributed by atoms with van der Waals surface area (Å²) in [5, 5.41) is 0. The van der Waals surface area contributed by atoms with Crippen LogP contribution in [-0.2, 0) is 33.0 Å². The minimum atomic E-state index is -3.54. The fraction of sp³-hybridized carbons (Fsp3) is 0.652. The van der Waals surface area contributed by atoms with Crippen molar-refractivity contribution in [1.82, 2.24) is 18.8 Å². The fourth-order valence-corrected chi connectivity index (χ4v) is 5.77. The fourth-order valence-electron chi connectivity index (χ4n) is 4.29. The number of amides is 1. The summed E-state index contributed by atoms with van der Waals surface area (Å²) in [7, 11) is -1.63. The van der Waals surface area contributed by atoms with E-state index in [1.165, 1.54) is 4.31 Å². The lowest BCUT2D eigenvalue weighted by atomic mass is 10.1. The van der Waals surface area contributed by atoms with E-state index in [4.69, 9.17) is 4.74 Å². The Morgan fingerprint density at radius 1 is 1.25 bits per heavy atom. The van der Waals surface area contributed by atoms with E-state index in [0.29, 0.717) is 38.0 Å². The minimum Gasteiger partial charge on any atom is -0.376 e. The summed E-state index contributed by atoms with van der Waals surface area (Å²) in [4.78, 5) is 19.6. The molecule has 1 amide bonds. The number of rotatable bonds is 10. The van der Waals surface area contributed by atoms with Crippen LogP contribution in [-0.4, -0.2) is 72.0 Å². The summed E-state index contributed by atoms with van der Waals surface area (Å²) in [5.41, 5.74) is 1.49. The maximum atomic E-state index is 12.8. The van der Waals surface area contributed by atoms with E-state index in [1.807, 2.05) is 30.4 Å². The molecule has 3 rings (SSSR count). The van der Waals surface area contributed by atoms with Crippen LogP contribution in [0.5, 0.6) is 0 Å². The Hall–Kier alpha value is -1.97. The van der Waals surface area contributed by atoms with Crippen LogP contribution in [0.2, 0.25) is 0 Å².